The highest BCUT2D eigenvalue weighted by molar-refractivity contribution is 5.70. The molecule has 1 N–H and O–H groups in total. The van der Waals surface area contributed by atoms with Crippen LogP contribution in [0.2, 0.25) is 0 Å². The second-order valence-corrected chi connectivity index (χ2v) is 4.98. The van der Waals surface area contributed by atoms with Crippen LogP contribution in [0, 0.1) is 5.92 Å². The molecule has 3 rings (SSSR count). The fourth-order valence-electron chi connectivity index (χ4n) is 2.67. The molecule has 18 heavy (non-hydrogen) atoms. The molecule has 1 saturated heterocycles. The summed E-state index contributed by atoms with van der Waals surface area (Å²) < 4.78 is 5.57. The Morgan fingerprint density at radius 2 is 2.33 bits per heavy atom. The number of carboxylic acid groups (broad SMARTS) is 1. The van der Waals surface area contributed by atoms with E-state index in [1.54, 1.807) is 6.20 Å². The summed E-state index contributed by atoms with van der Waals surface area (Å²) in [5, 5.41) is 9.03. The number of aliphatic carboxylic acids is 1. The van der Waals surface area contributed by atoms with E-state index >= 15 is 0 Å². The lowest BCUT2D eigenvalue weighted by molar-refractivity contribution is -0.142. The average molecular weight is 248 g/mol. The maximum atomic E-state index is 11.0. The van der Waals surface area contributed by atoms with Gasteiger partial charge < -0.3 is 9.84 Å². The van der Waals surface area contributed by atoms with E-state index in [4.69, 9.17) is 9.84 Å². The number of carboxylic acids is 1. The Balaban J connectivity index is 1.82. The zero-order chi connectivity index (χ0) is 12.5. The van der Waals surface area contributed by atoms with Gasteiger partial charge in [-0.2, -0.15) is 0 Å². The molecular weight excluding hydrogens is 232 g/mol. The average Bonchev–Trinajstić information content (AvgIpc) is 2.91. The van der Waals surface area contributed by atoms with Crippen LogP contribution < -0.4 is 0 Å². The second-order valence-electron chi connectivity index (χ2n) is 4.98. The Kier molecular flexibility index (Phi) is 2.99. The van der Waals surface area contributed by atoms with Crippen molar-refractivity contribution < 1.29 is 14.6 Å². The summed E-state index contributed by atoms with van der Waals surface area (Å²) in [6, 6.07) is 0. The van der Waals surface area contributed by atoms with Crippen LogP contribution in [-0.2, 0) is 22.4 Å². The molecule has 2 heterocycles. The minimum atomic E-state index is -0.719. The molecule has 0 bridgehead atoms. The zero-order valence-corrected chi connectivity index (χ0v) is 10.1. The fourth-order valence-corrected chi connectivity index (χ4v) is 2.67. The Morgan fingerprint density at radius 3 is 3.06 bits per heavy atom. The molecule has 1 aromatic rings. The molecule has 0 aromatic carbocycles. The van der Waals surface area contributed by atoms with Crippen LogP contribution in [0.3, 0.4) is 0 Å². The Labute approximate surface area is 105 Å². The van der Waals surface area contributed by atoms with Crippen molar-refractivity contribution in [1.82, 2.24) is 9.97 Å². The summed E-state index contributed by atoms with van der Waals surface area (Å²) in [6.07, 6.45) is 5.82. The van der Waals surface area contributed by atoms with Gasteiger partial charge in [0.2, 0.25) is 0 Å². The minimum Gasteiger partial charge on any atom is -0.481 e. The van der Waals surface area contributed by atoms with Crippen molar-refractivity contribution in [2.75, 3.05) is 6.61 Å². The van der Waals surface area contributed by atoms with E-state index in [2.05, 4.69) is 9.97 Å². The summed E-state index contributed by atoms with van der Waals surface area (Å²) >= 11 is 0. The first-order chi connectivity index (χ1) is 8.74. The van der Waals surface area contributed by atoms with Gasteiger partial charge in [-0.3, -0.25) is 4.79 Å². The third-order valence-electron chi connectivity index (χ3n) is 3.74. The smallest absolute Gasteiger partial charge is 0.306 e. The third kappa shape index (κ3) is 2.10. The van der Waals surface area contributed by atoms with Gasteiger partial charge in [0.05, 0.1) is 5.92 Å². The molecule has 96 valence electrons. The summed E-state index contributed by atoms with van der Waals surface area (Å²) in [5.74, 6) is -0.237. The highest BCUT2D eigenvalue weighted by Gasteiger charge is 2.27. The predicted octanol–water partition coefficient (Wildman–Crippen LogP) is 1.52. The van der Waals surface area contributed by atoms with E-state index < -0.39 is 5.97 Å². The summed E-state index contributed by atoms with van der Waals surface area (Å²) in [4.78, 5) is 19.9. The van der Waals surface area contributed by atoms with E-state index in [1.807, 2.05) is 0 Å². The van der Waals surface area contributed by atoms with Gasteiger partial charge in [-0.05, 0) is 37.7 Å². The van der Waals surface area contributed by atoms with E-state index in [9.17, 15) is 4.79 Å². The van der Waals surface area contributed by atoms with E-state index in [1.165, 1.54) is 0 Å². The SMILES string of the molecule is O=C(O)C1CCc2nc(C3CCCO3)ncc2C1. The maximum absolute atomic E-state index is 11.0. The van der Waals surface area contributed by atoms with Gasteiger partial charge in [-0.1, -0.05) is 0 Å². The van der Waals surface area contributed by atoms with Gasteiger partial charge in [0, 0.05) is 18.5 Å². The lowest BCUT2D eigenvalue weighted by atomic mass is 9.87. The van der Waals surface area contributed by atoms with Crippen molar-refractivity contribution >= 4 is 5.97 Å². The number of rotatable bonds is 2. The van der Waals surface area contributed by atoms with Crippen molar-refractivity contribution in [1.29, 1.82) is 0 Å². The summed E-state index contributed by atoms with van der Waals surface area (Å²) in [7, 11) is 0. The van der Waals surface area contributed by atoms with Gasteiger partial charge in [0.15, 0.2) is 5.82 Å². The number of hydrogen-bond donors (Lipinski definition) is 1. The minimum absolute atomic E-state index is 0.0347. The van der Waals surface area contributed by atoms with Crippen molar-refractivity contribution in [3.63, 3.8) is 0 Å². The number of nitrogens with zero attached hydrogens (tertiary/aromatic N) is 2. The Hall–Kier alpha value is -1.49. The molecule has 0 amide bonds. The number of carbonyl (C=O) groups is 1. The lowest BCUT2D eigenvalue weighted by Gasteiger charge is -2.21. The maximum Gasteiger partial charge on any atom is 0.306 e. The molecule has 0 saturated carbocycles. The van der Waals surface area contributed by atoms with Crippen molar-refractivity contribution in [2.24, 2.45) is 5.92 Å². The van der Waals surface area contributed by atoms with Crippen molar-refractivity contribution in [2.45, 2.75) is 38.2 Å². The number of aromatic nitrogens is 2. The molecule has 5 heteroatoms. The third-order valence-corrected chi connectivity index (χ3v) is 3.74. The number of hydrogen-bond acceptors (Lipinski definition) is 4. The molecule has 2 aliphatic rings. The van der Waals surface area contributed by atoms with Gasteiger partial charge in [-0.15, -0.1) is 0 Å². The fraction of sp³-hybridized carbons (Fsp3) is 0.615. The van der Waals surface area contributed by atoms with Crippen LogP contribution in [0.5, 0.6) is 0 Å². The molecule has 0 spiro atoms. The molecular formula is C13H16N2O3. The molecule has 1 aliphatic carbocycles. The second kappa shape index (κ2) is 4.65. The van der Waals surface area contributed by atoms with Gasteiger partial charge in [0.25, 0.3) is 0 Å². The summed E-state index contributed by atoms with van der Waals surface area (Å²) in [6.45, 7) is 0.784. The van der Waals surface area contributed by atoms with Crippen LogP contribution in [0.1, 0.15) is 42.4 Å². The molecule has 2 unspecified atom stereocenters. The lowest BCUT2D eigenvalue weighted by Crippen LogP contribution is -2.23. The number of aryl methyl sites for hydroxylation is 1. The highest BCUT2D eigenvalue weighted by Crippen LogP contribution is 2.29. The zero-order valence-electron chi connectivity index (χ0n) is 10.1. The van der Waals surface area contributed by atoms with Gasteiger partial charge in [-0.25, -0.2) is 9.97 Å². The number of ether oxygens (including phenoxy) is 1. The van der Waals surface area contributed by atoms with Crippen molar-refractivity contribution in [3.8, 4) is 0 Å². The van der Waals surface area contributed by atoms with Crippen LogP contribution in [0.15, 0.2) is 6.20 Å². The van der Waals surface area contributed by atoms with Crippen molar-refractivity contribution in [3.05, 3.63) is 23.3 Å². The standard InChI is InChI=1S/C13H16N2O3/c16-13(17)8-3-4-10-9(6-8)7-14-12(15-10)11-2-1-5-18-11/h7-8,11H,1-6H2,(H,16,17). The molecule has 1 fully saturated rings. The van der Waals surface area contributed by atoms with Gasteiger partial charge in [0.1, 0.15) is 6.10 Å². The molecule has 1 aliphatic heterocycles. The molecule has 1 aromatic heterocycles. The van der Waals surface area contributed by atoms with E-state index in [0.29, 0.717) is 12.8 Å². The first kappa shape index (κ1) is 11.6. The Bertz CT molecular complexity index is 469. The normalized spacial score (nSPS) is 26.9. The highest BCUT2D eigenvalue weighted by atomic mass is 16.5. The number of fused-ring (bicyclic) bond motifs is 1. The van der Waals surface area contributed by atoms with E-state index in [-0.39, 0.29) is 12.0 Å². The molecule has 2 atom stereocenters. The largest absolute Gasteiger partial charge is 0.481 e. The van der Waals surface area contributed by atoms with Crippen LogP contribution in [-0.4, -0.2) is 27.7 Å². The predicted molar refractivity (Wildman–Crippen MR) is 63.1 cm³/mol. The van der Waals surface area contributed by atoms with Crippen LogP contribution >= 0.6 is 0 Å². The quantitative estimate of drug-likeness (QED) is 0.859. The van der Waals surface area contributed by atoms with Gasteiger partial charge >= 0.3 is 5.97 Å². The molecule has 5 nitrogen and oxygen atoms in total. The topological polar surface area (TPSA) is 72.3 Å². The van der Waals surface area contributed by atoms with Crippen LogP contribution in [0.25, 0.3) is 0 Å². The monoisotopic (exact) mass is 248 g/mol. The Morgan fingerprint density at radius 1 is 1.44 bits per heavy atom. The first-order valence-corrected chi connectivity index (χ1v) is 6.43. The first-order valence-electron chi connectivity index (χ1n) is 6.43. The molecule has 0 radical (unpaired) electrons. The van der Waals surface area contributed by atoms with E-state index in [0.717, 1.165) is 43.0 Å². The summed E-state index contributed by atoms with van der Waals surface area (Å²) in [5.41, 5.74) is 1.99. The van der Waals surface area contributed by atoms with Crippen LogP contribution in [0.4, 0.5) is 0 Å².